The molecule has 132 valence electrons. The fourth-order valence-electron chi connectivity index (χ4n) is 2.17. The summed E-state index contributed by atoms with van der Waals surface area (Å²) < 4.78 is 5.62. The highest BCUT2D eigenvalue weighted by atomic mass is 35.5. The van der Waals surface area contributed by atoms with Crippen LogP contribution < -0.4 is 10.1 Å². The van der Waals surface area contributed by atoms with Gasteiger partial charge >= 0.3 is 0 Å². The average Bonchev–Trinajstić information content (AvgIpc) is 2.96. The summed E-state index contributed by atoms with van der Waals surface area (Å²) >= 11 is 13.1. The van der Waals surface area contributed by atoms with Crippen LogP contribution >= 0.6 is 35.0 Å². The minimum absolute atomic E-state index is 0.215. The van der Waals surface area contributed by atoms with E-state index in [-0.39, 0.29) is 5.91 Å². The van der Waals surface area contributed by atoms with Crippen molar-refractivity contribution in [2.75, 3.05) is 6.61 Å². The molecule has 1 heterocycles. The van der Waals surface area contributed by atoms with Crippen molar-refractivity contribution in [1.29, 1.82) is 0 Å². The van der Waals surface area contributed by atoms with Crippen molar-refractivity contribution in [3.63, 3.8) is 0 Å². The van der Waals surface area contributed by atoms with E-state index in [1.807, 2.05) is 24.3 Å². The average molecular weight is 405 g/mol. The lowest BCUT2D eigenvalue weighted by Crippen LogP contribution is -2.19. The van der Waals surface area contributed by atoms with E-state index in [9.17, 15) is 4.79 Å². The van der Waals surface area contributed by atoms with Gasteiger partial charge in [-0.15, -0.1) is 0 Å². The predicted molar refractivity (Wildman–Crippen MR) is 109 cm³/mol. The first kappa shape index (κ1) is 18.6. The molecular formula is C19H14Cl2N2O2S. The quantitative estimate of drug-likeness (QED) is 0.532. The number of hydrogen-bond acceptors (Lipinski definition) is 4. The lowest BCUT2D eigenvalue weighted by atomic mass is 10.2. The molecule has 7 heteroatoms. The number of nitrogens with one attached hydrogen (secondary N) is 1. The molecular weight excluding hydrogens is 391 g/mol. The highest BCUT2D eigenvalue weighted by molar-refractivity contribution is 8.18. The molecule has 0 saturated carbocycles. The number of halogens is 2. The van der Waals surface area contributed by atoms with Gasteiger partial charge in [-0.3, -0.25) is 4.79 Å². The maximum atomic E-state index is 12.2. The maximum absolute atomic E-state index is 12.2. The SMILES string of the molecule is C=CCOc1ccccc1C=C1SC(=Nc2ccc(Cl)c(Cl)c2)NC1=O. The Labute approximate surface area is 165 Å². The highest BCUT2D eigenvalue weighted by Crippen LogP contribution is 2.32. The van der Waals surface area contributed by atoms with Crippen LogP contribution in [0.15, 0.2) is 65.0 Å². The van der Waals surface area contributed by atoms with Gasteiger partial charge in [0, 0.05) is 5.56 Å². The van der Waals surface area contributed by atoms with Crippen molar-refractivity contribution in [1.82, 2.24) is 5.32 Å². The van der Waals surface area contributed by atoms with Crippen molar-refractivity contribution in [2.24, 2.45) is 4.99 Å². The summed E-state index contributed by atoms with van der Waals surface area (Å²) in [6, 6.07) is 12.5. The Bertz CT molecular complexity index is 926. The molecule has 1 saturated heterocycles. The van der Waals surface area contributed by atoms with E-state index >= 15 is 0 Å². The van der Waals surface area contributed by atoms with Crippen LogP contribution in [-0.2, 0) is 4.79 Å². The molecule has 2 aromatic carbocycles. The van der Waals surface area contributed by atoms with E-state index in [1.54, 1.807) is 30.4 Å². The number of para-hydroxylation sites is 1. The number of amides is 1. The van der Waals surface area contributed by atoms with E-state index in [4.69, 9.17) is 27.9 Å². The van der Waals surface area contributed by atoms with Gasteiger partial charge in [-0.2, -0.15) is 0 Å². The topological polar surface area (TPSA) is 50.7 Å². The lowest BCUT2D eigenvalue weighted by molar-refractivity contribution is -0.115. The second kappa shape index (κ2) is 8.45. The minimum Gasteiger partial charge on any atom is -0.489 e. The zero-order valence-corrected chi connectivity index (χ0v) is 15.9. The Kier molecular flexibility index (Phi) is 6.04. The first-order chi connectivity index (χ1) is 12.6. The van der Waals surface area contributed by atoms with Gasteiger partial charge in [0.1, 0.15) is 12.4 Å². The van der Waals surface area contributed by atoms with Crippen LogP contribution in [0.3, 0.4) is 0 Å². The summed E-state index contributed by atoms with van der Waals surface area (Å²) in [4.78, 5) is 17.2. The van der Waals surface area contributed by atoms with Gasteiger partial charge in [0.25, 0.3) is 5.91 Å². The number of amidine groups is 1. The monoisotopic (exact) mass is 404 g/mol. The van der Waals surface area contributed by atoms with Crippen LogP contribution in [-0.4, -0.2) is 17.7 Å². The molecule has 1 aliphatic rings. The minimum atomic E-state index is -0.215. The Morgan fingerprint density at radius 3 is 2.77 bits per heavy atom. The number of ether oxygens (including phenoxy) is 1. The number of hydrogen-bond donors (Lipinski definition) is 1. The Morgan fingerprint density at radius 2 is 2.00 bits per heavy atom. The summed E-state index contributed by atoms with van der Waals surface area (Å²) in [5.74, 6) is 0.468. The van der Waals surface area contributed by atoms with Crippen LogP contribution in [0.5, 0.6) is 5.75 Å². The molecule has 4 nitrogen and oxygen atoms in total. The predicted octanol–water partition coefficient (Wildman–Crippen LogP) is 5.45. The van der Waals surface area contributed by atoms with Crippen molar-refractivity contribution >= 4 is 57.8 Å². The first-order valence-electron chi connectivity index (χ1n) is 7.64. The number of thioether (sulfide) groups is 1. The van der Waals surface area contributed by atoms with Crippen molar-refractivity contribution < 1.29 is 9.53 Å². The third-order valence-corrected chi connectivity index (χ3v) is 5.00. The number of aliphatic imine (C=N–C) groups is 1. The molecule has 0 radical (unpaired) electrons. The van der Waals surface area contributed by atoms with Crippen LogP contribution in [0.2, 0.25) is 10.0 Å². The van der Waals surface area contributed by atoms with Gasteiger partial charge in [-0.1, -0.05) is 54.1 Å². The zero-order valence-electron chi connectivity index (χ0n) is 13.5. The van der Waals surface area contributed by atoms with Gasteiger partial charge in [-0.25, -0.2) is 4.99 Å². The smallest absolute Gasteiger partial charge is 0.264 e. The summed E-state index contributed by atoms with van der Waals surface area (Å²) in [5, 5.41) is 4.08. The number of nitrogens with zero attached hydrogens (tertiary/aromatic N) is 1. The summed E-state index contributed by atoms with van der Waals surface area (Å²) in [5.41, 5.74) is 1.42. The van der Waals surface area contributed by atoms with Gasteiger partial charge in [-0.05, 0) is 42.1 Å². The Morgan fingerprint density at radius 1 is 1.19 bits per heavy atom. The van der Waals surface area contributed by atoms with Gasteiger partial charge in [0.15, 0.2) is 5.17 Å². The van der Waals surface area contributed by atoms with Gasteiger partial charge in [0.05, 0.1) is 20.6 Å². The Hall–Kier alpha value is -2.21. The molecule has 0 unspecified atom stereocenters. The fourth-order valence-corrected chi connectivity index (χ4v) is 3.30. The molecule has 0 atom stereocenters. The van der Waals surface area contributed by atoms with Crippen LogP contribution in [0.1, 0.15) is 5.56 Å². The second-order valence-corrected chi connectivity index (χ2v) is 7.06. The van der Waals surface area contributed by atoms with Crippen molar-refractivity contribution in [3.8, 4) is 5.75 Å². The Balaban J connectivity index is 1.83. The van der Waals surface area contributed by atoms with Crippen molar-refractivity contribution in [2.45, 2.75) is 0 Å². The summed E-state index contributed by atoms with van der Waals surface area (Å²) in [7, 11) is 0. The summed E-state index contributed by atoms with van der Waals surface area (Å²) in [6.07, 6.45) is 3.44. The third-order valence-electron chi connectivity index (χ3n) is 3.35. The zero-order chi connectivity index (χ0) is 18.5. The molecule has 26 heavy (non-hydrogen) atoms. The number of carbonyl (C=O) groups is 1. The summed E-state index contributed by atoms with van der Waals surface area (Å²) in [6.45, 7) is 4.03. The van der Waals surface area contributed by atoms with Gasteiger partial charge in [0.2, 0.25) is 0 Å². The van der Waals surface area contributed by atoms with E-state index in [0.29, 0.717) is 38.2 Å². The lowest BCUT2D eigenvalue weighted by Gasteiger charge is -2.06. The van der Waals surface area contributed by atoms with E-state index in [0.717, 1.165) is 5.56 Å². The van der Waals surface area contributed by atoms with Crippen LogP contribution in [0.25, 0.3) is 6.08 Å². The largest absolute Gasteiger partial charge is 0.489 e. The standard InChI is InChI=1S/C19H14Cl2N2O2S/c1-2-9-25-16-6-4-3-5-12(16)10-17-18(24)23-19(26-17)22-13-7-8-14(20)15(21)11-13/h2-8,10-11H,1,9H2,(H,22,23,24). The third kappa shape index (κ3) is 4.49. The molecule has 1 N–H and O–H groups in total. The highest BCUT2D eigenvalue weighted by Gasteiger charge is 2.24. The molecule has 1 fully saturated rings. The number of rotatable bonds is 5. The molecule has 1 aliphatic heterocycles. The molecule has 0 spiro atoms. The molecule has 0 aromatic heterocycles. The van der Waals surface area contributed by atoms with Gasteiger partial charge < -0.3 is 10.1 Å². The fraction of sp³-hybridized carbons (Fsp3) is 0.0526. The van der Waals surface area contributed by atoms with E-state index < -0.39 is 0 Å². The normalized spacial score (nSPS) is 16.8. The van der Waals surface area contributed by atoms with Crippen LogP contribution in [0.4, 0.5) is 5.69 Å². The molecule has 1 amide bonds. The molecule has 3 rings (SSSR count). The molecule has 2 aromatic rings. The first-order valence-corrected chi connectivity index (χ1v) is 9.21. The second-order valence-electron chi connectivity index (χ2n) is 5.22. The van der Waals surface area contributed by atoms with E-state index in [1.165, 1.54) is 11.8 Å². The van der Waals surface area contributed by atoms with Crippen LogP contribution in [0, 0.1) is 0 Å². The number of carbonyl (C=O) groups excluding carboxylic acids is 1. The maximum Gasteiger partial charge on any atom is 0.264 e. The molecule has 0 bridgehead atoms. The van der Waals surface area contributed by atoms with E-state index in [2.05, 4.69) is 16.9 Å². The van der Waals surface area contributed by atoms with Crippen molar-refractivity contribution in [3.05, 3.63) is 75.6 Å². The number of benzene rings is 2. The molecule has 0 aliphatic carbocycles.